The van der Waals surface area contributed by atoms with Crippen molar-refractivity contribution < 1.29 is 37.9 Å². The van der Waals surface area contributed by atoms with Gasteiger partial charge in [-0.25, -0.2) is 28.3 Å². The lowest BCUT2D eigenvalue weighted by Gasteiger charge is -2.06. The van der Waals surface area contributed by atoms with E-state index in [1.807, 2.05) is 0 Å². The van der Waals surface area contributed by atoms with Gasteiger partial charge in [0.2, 0.25) is 0 Å². The molecule has 0 aliphatic carbocycles. The minimum absolute atomic E-state index is 0.126. The Labute approximate surface area is 266 Å². The zero-order valence-electron chi connectivity index (χ0n) is 22.2. The van der Waals surface area contributed by atoms with E-state index in [2.05, 4.69) is 57.8 Å². The molecule has 220 valence electrons. The van der Waals surface area contributed by atoms with Crippen LogP contribution in [0.25, 0.3) is 11.3 Å². The highest BCUT2D eigenvalue weighted by Gasteiger charge is 2.16. The zero-order valence-corrected chi connectivity index (χ0v) is 27.0. The van der Waals surface area contributed by atoms with Crippen molar-refractivity contribution in [2.45, 2.75) is 13.8 Å². The van der Waals surface area contributed by atoms with Gasteiger partial charge in [-0.1, -0.05) is 44.0 Å². The molecule has 0 fully saturated rings. The van der Waals surface area contributed by atoms with Gasteiger partial charge >= 0.3 is 19.1 Å². The molecule has 0 spiro atoms. The van der Waals surface area contributed by atoms with Crippen molar-refractivity contribution in [3.63, 3.8) is 0 Å². The number of ether oxygens (including phenoxy) is 2. The number of hydrogen-bond donors (Lipinski definition) is 2. The third-order valence-electron chi connectivity index (χ3n) is 4.87. The second-order valence-electron chi connectivity index (χ2n) is 7.86. The number of pyridine rings is 2. The molecular weight excluding hydrogens is 749 g/mol. The van der Waals surface area contributed by atoms with Crippen LogP contribution < -0.4 is 5.46 Å². The maximum atomic E-state index is 13.8. The van der Waals surface area contributed by atoms with Gasteiger partial charge in [0.15, 0.2) is 0 Å². The normalized spacial score (nSPS) is 9.93. The number of nitrogens with zero attached hydrogens (tertiary/aromatic N) is 2. The van der Waals surface area contributed by atoms with Crippen LogP contribution in [-0.2, 0) is 9.47 Å². The topological polar surface area (TPSA) is 119 Å². The summed E-state index contributed by atoms with van der Waals surface area (Å²) in [5.41, 5.74) is 1.09. The molecule has 0 amide bonds. The highest BCUT2D eigenvalue weighted by molar-refractivity contribution is 9.11. The maximum absolute atomic E-state index is 13.8. The van der Waals surface area contributed by atoms with E-state index in [1.54, 1.807) is 56.3 Å². The lowest BCUT2D eigenvalue weighted by Crippen LogP contribution is -2.32. The fraction of sp³-hybridized carbons (Fsp3) is 0.143. The van der Waals surface area contributed by atoms with Gasteiger partial charge in [0.05, 0.1) is 18.9 Å². The molecule has 0 atom stereocenters. The van der Waals surface area contributed by atoms with Crippen molar-refractivity contribution in [2.24, 2.45) is 0 Å². The molecule has 0 radical (unpaired) electrons. The van der Waals surface area contributed by atoms with Gasteiger partial charge in [-0.05, 0) is 90.4 Å². The van der Waals surface area contributed by atoms with Gasteiger partial charge in [-0.15, -0.1) is 0 Å². The molecule has 2 aromatic heterocycles. The van der Waals surface area contributed by atoms with Crippen molar-refractivity contribution in [1.82, 2.24) is 9.97 Å². The van der Waals surface area contributed by atoms with Gasteiger partial charge in [0.1, 0.15) is 27.6 Å². The second kappa shape index (κ2) is 17.8. The van der Waals surface area contributed by atoms with Crippen LogP contribution in [0, 0.1) is 11.6 Å². The predicted octanol–water partition coefficient (Wildman–Crippen LogP) is 6.12. The molecule has 0 unspecified atom stereocenters. The Balaban J connectivity index is 0.000000233. The zero-order chi connectivity index (χ0) is 31.2. The van der Waals surface area contributed by atoms with E-state index in [4.69, 9.17) is 19.5 Å². The number of carbonyl (C=O) groups excluding carboxylic acids is 2. The van der Waals surface area contributed by atoms with Crippen LogP contribution in [0.2, 0.25) is 0 Å². The molecule has 0 bridgehead atoms. The first kappa shape index (κ1) is 35.2. The third-order valence-corrected chi connectivity index (χ3v) is 6.30. The first-order chi connectivity index (χ1) is 20.0. The van der Waals surface area contributed by atoms with Gasteiger partial charge in [0, 0.05) is 20.0 Å². The smallest absolute Gasteiger partial charge is 0.461 e. The van der Waals surface area contributed by atoms with E-state index in [1.165, 1.54) is 30.3 Å². The fourth-order valence-corrected chi connectivity index (χ4v) is 4.12. The summed E-state index contributed by atoms with van der Waals surface area (Å²) < 4.78 is 38.1. The molecule has 8 nitrogen and oxygen atoms in total. The summed E-state index contributed by atoms with van der Waals surface area (Å²) in [5.74, 6) is -1.92. The summed E-state index contributed by atoms with van der Waals surface area (Å²) in [6.07, 6.45) is 0. The minimum atomic E-state index is -1.76. The number of carbonyl (C=O) groups is 2. The van der Waals surface area contributed by atoms with Crippen LogP contribution in [-0.4, -0.2) is 52.3 Å². The average molecular weight is 773 g/mol. The molecule has 2 aromatic carbocycles. The highest BCUT2D eigenvalue weighted by atomic mass is 79.9. The molecule has 0 saturated carbocycles. The number of hydrogen-bond acceptors (Lipinski definition) is 8. The molecule has 14 heteroatoms. The molecule has 0 saturated heterocycles. The van der Waals surface area contributed by atoms with Gasteiger partial charge in [-0.3, -0.25) is 0 Å². The quantitative estimate of drug-likeness (QED) is 0.137. The lowest BCUT2D eigenvalue weighted by atomic mass is 9.80. The van der Waals surface area contributed by atoms with Crippen LogP contribution >= 0.6 is 47.8 Å². The summed E-state index contributed by atoms with van der Waals surface area (Å²) in [7, 11) is -1.76. The molecule has 42 heavy (non-hydrogen) atoms. The van der Waals surface area contributed by atoms with E-state index in [0.717, 1.165) is 4.47 Å². The Morgan fingerprint density at radius 3 is 1.81 bits per heavy atom. The van der Waals surface area contributed by atoms with Crippen molar-refractivity contribution in [1.29, 1.82) is 0 Å². The Kier molecular flexibility index (Phi) is 14.9. The molecule has 0 aliphatic heterocycles. The number of aromatic nitrogens is 2. The Hall–Kier alpha value is -3.04. The Bertz CT molecular complexity index is 1510. The number of halogens is 5. The SMILES string of the molecule is CCOC(=O)c1cccc(-c2cc(Br)ccc2F)n1.CCOC(=O)c1cccc(Br)n1.OB(O)c1cc(Br)ccc1F. The molecule has 4 aromatic rings. The van der Waals surface area contributed by atoms with Gasteiger partial charge in [-0.2, -0.15) is 0 Å². The molecular formula is C28H24BBr3F2N2O6. The maximum Gasteiger partial charge on any atom is 0.491 e. The number of esters is 2. The van der Waals surface area contributed by atoms with E-state index in [9.17, 15) is 18.4 Å². The van der Waals surface area contributed by atoms with Gasteiger partial charge < -0.3 is 19.5 Å². The van der Waals surface area contributed by atoms with E-state index < -0.39 is 24.7 Å². The standard InChI is InChI=1S/C14H11BrFNO2.C8H8BrNO2.C6H5BBrFO2/c1-2-19-14(18)13-5-3-4-12(17-13)10-8-9(15)6-7-11(10)16;1-2-12-8(11)6-4-3-5-7(9)10-6;8-4-1-2-6(9)5(3-4)7(10)11/h3-8H,2H2,1H3;3-5H,2H2,1H3;1-3,10-11H. The fourth-order valence-electron chi connectivity index (χ4n) is 3.04. The number of rotatable bonds is 6. The van der Waals surface area contributed by atoms with E-state index in [0.29, 0.717) is 32.6 Å². The van der Waals surface area contributed by atoms with Crippen molar-refractivity contribution in [3.05, 3.63) is 109 Å². The first-order valence-electron chi connectivity index (χ1n) is 12.2. The Morgan fingerprint density at radius 2 is 1.29 bits per heavy atom. The van der Waals surface area contributed by atoms with E-state index >= 15 is 0 Å². The van der Waals surface area contributed by atoms with E-state index in [-0.39, 0.29) is 23.7 Å². The summed E-state index contributed by atoms with van der Waals surface area (Å²) in [5, 5.41) is 17.2. The Morgan fingerprint density at radius 1 is 0.762 bits per heavy atom. The second-order valence-corrected chi connectivity index (χ2v) is 10.5. The predicted molar refractivity (Wildman–Crippen MR) is 165 cm³/mol. The van der Waals surface area contributed by atoms with Crippen molar-refractivity contribution in [2.75, 3.05) is 13.2 Å². The van der Waals surface area contributed by atoms with Crippen LogP contribution in [0.1, 0.15) is 34.8 Å². The van der Waals surface area contributed by atoms with Crippen LogP contribution in [0.15, 0.2) is 86.3 Å². The first-order valence-corrected chi connectivity index (χ1v) is 14.5. The summed E-state index contributed by atoms with van der Waals surface area (Å²) >= 11 is 9.52. The molecule has 0 aliphatic rings. The van der Waals surface area contributed by atoms with Crippen LogP contribution in [0.5, 0.6) is 0 Å². The number of benzene rings is 2. The highest BCUT2D eigenvalue weighted by Crippen LogP contribution is 2.25. The average Bonchev–Trinajstić information content (AvgIpc) is 2.96. The molecule has 2 N–H and O–H groups in total. The van der Waals surface area contributed by atoms with Crippen molar-refractivity contribution in [3.8, 4) is 11.3 Å². The minimum Gasteiger partial charge on any atom is -0.461 e. The summed E-state index contributed by atoms with van der Waals surface area (Å²) in [4.78, 5) is 30.7. The monoisotopic (exact) mass is 770 g/mol. The lowest BCUT2D eigenvalue weighted by molar-refractivity contribution is 0.0510. The van der Waals surface area contributed by atoms with Crippen LogP contribution in [0.3, 0.4) is 0 Å². The van der Waals surface area contributed by atoms with Gasteiger partial charge in [0.25, 0.3) is 0 Å². The summed E-state index contributed by atoms with van der Waals surface area (Å²) in [6, 6.07) is 18.5. The third kappa shape index (κ3) is 11.3. The van der Waals surface area contributed by atoms with Crippen molar-refractivity contribution >= 4 is 72.3 Å². The van der Waals surface area contributed by atoms with Crippen LogP contribution in [0.4, 0.5) is 8.78 Å². The summed E-state index contributed by atoms with van der Waals surface area (Å²) in [6.45, 7) is 4.12. The largest absolute Gasteiger partial charge is 0.491 e. The molecule has 4 rings (SSSR count). The molecule has 2 heterocycles.